The van der Waals surface area contributed by atoms with Gasteiger partial charge in [0.15, 0.2) is 0 Å². The summed E-state index contributed by atoms with van der Waals surface area (Å²) in [7, 11) is 0. The second kappa shape index (κ2) is 2.23. The van der Waals surface area contributed by atoms with Crippen LogP contribution < -0.4 is 11.2 Å². The van der Waals surface area contributed by atoms with Gasteiger partial charge >= 0.3 is 0 Å². The van der Waals surface area contributed by atoms with Gasteiger partial charge in [-0.15, -0.1) is 0 Å². The Labute approximate surface area is 60.0 Å². The third-order valence-electron chi connectivity index (χ3n) is 0.947. The highest BCUT2D eigenvalue weighted by atomic mass is 79.9. The van der Waals surface area contributed by atoms with Crippen LogP contribution in [0.3, 0.4) is 0 Å². The molecule has 0 aromatic carbocycles. The summed E-state index contributed by atoms with van der Waals surface area (Å²) < 4.78 is 0.537. The first-order chi connectivity index (χ1) is 4.22. The summed E-state index contributed by atoms with van der Waals surface area (Å²) >= 11 is 3.07. The summed E-state index contributed by atoms with van der Waals surface area (Å²) in [5.41, 5.74) is 5.35. The summed E-state index contributed by atoms with van der Waals surface area (Å²) in [5.74, 6) is 0. The van der Waals surface area contributed by atoms with Crippen molar-refractivity contribution < 1.29 is 0 Å². The van der Waals surface area contributed by atoms with Crippen molar-refractivity contribution in [3.63, 3.8) is 0 Å². The molecule has 0 amide bonds. The van der Waals surface area contributed by atoms with Crippen LogP contribution in [-0.2, 0) is 0 Å². The third kappa shape index (κ3) is 1.13. The molecule has 0 aliphatic carbocycles. The summed E-state index contributed by atoms with van der Waals surface area (Å²) in [4.78, 5) is 13.4. The van der Waals surface area contributed by atoms with Gasteiger partial charge in [0.05, 0.1) is 0 Å². The van der Waals surface area contributed by atoms with E-state index in [9.17, 15) is 4.79 Å². The molecule has 0 aliphatic heterocycles. The van der Waals surface area contributed by atoms with E-state index >= 15 is 0 Å². The zero-order valence-corrected chi connectivity index (χ0v) is 6.10. The van der Waals surface area contributed by atoms with E-state index in [-0.39, 0.29) is 11.1 Å². The van der Waals surface area contributed by atoms with E-state index in [1.165, 1.54) is 12.3 Å². The number of aromatic nitrogens is 1. The Balaban J connectivity index is 3.43. The Bertz CT molecular complexity index is 268. The SMILES string of the molecule is Nc1c(Br)[nH]ccc1=O. The minimum Gasteiger partial charge on any atom is -0.393 e. The molecule has 48 valence electrons. The highest BCUT2D eigenvalue weighted by molar-refractivity contribution is 9.10. The Hall–Kier alpha value is -0.770. The molecule has 0 radical (unpaired) electrons. The standard InChI is InChI=1S/C5H5BrN2O/c6-5-4(7)3(9)1-2-8-5/h1-2H,7H2,(H,8,9). The van der Waals surface area contributed by atoms with Crippen molar-refractivity contribution in [2.24, 2.45) is 0 Å². The normalized spacial score (nSPS) is 9.44. The molecule has 1 aromatic heterocycles. The maximum absolute atomic E-state index is 10.7. The molecule has 1 heterocycles. The minimum absolute atomic E-state index is 0.166. The first-order valence-corrected chi connectivity index (χ1v) is 3.14. The van der Waals surface area contributed by atoms with Gasteiger partial charge in [0.2, 0.25) is 5.43 Å². The summed E-state index contributed by atoms with van der Waals surface area (Å²) in [6, 6.07) is 1.38. The largest absolute Gasteiger partial charge is 0.393 e. The second-order valence-electron chi connectivity index (χ2n) is 1.57. The van der Waals surface area contributed by atoms with Gasteiger partial charge in [0, 0.05) is 12.3 Å². The van der Waals surface area contributed by atoms with Crippen molar-refractivity contribution in [3.05, 3.63) is 27.1 Å². The fourth-order valence-corrected chi connectivity index (χ4v) is 0.794. The van der Waals surface area contributed by atoms with Gasteiger partial charge in [-0.05, 0) is 15.9 Å². The molecule has 9 heavy (non-hydrogen) atoms. The molecule has 0 unspecified atom stereocenters. The molecule has 1 aromatic rings. The van der Waals surface area contributed by atoms with Crippen molar-refractivity contribution in [1.82, 2.24) is 4.98 Å². The lowest BCUT2D eigenvalue weighted by molar-refractivity contribution is 1.26. The topological polar surface area (TPSA) is 58.9 Å². The van der Waals surface area contributed by atoms with Crippen molar-refractivity contribution in [2.75, 3.05) is 5.73 Å². The lowest BCUT2D eigenvalue weighted by atomic mass is 10.4. The minimum atomic E-state index is -0.166. The smallest absolute Gasteiger partial charge is 0.205 e. The number of rotatable bonds is 0. The molecular formula is C5H5BrN2O. The molecule has 3 N–H and O–H groups in total. The van der Waals surface area contributed by atoms with Gasteiger partial charge < -0.3 is 10.7 Å². The second-order valence-corrected chi connectivity index (χ2v) is 2.36. The summed E-state index contributed by atoms with van der Waals surface area (Å²) in [5, 5.41) is 0. The van der Waals surface area contributed by atoms with Gasteiger partial charge in [-0.1, -0.05) is 0 Å². The Morgan fingerprint density at radius 3 is 2.78 bits per heavy atom. The number of nitrogen functional groups attached to an aromatic ring is 1. The number of hydrogen-bond donors (Lipinski definition) is 2. The Kier molecular flexibility index (Phi) is 1.57. The quantitative estimate of drug-likeness (QED) is 0.590. The number of hydrogen-bond acceptors (Lipinski definition) is 2. The average molecular weight is 189 g/mol. The molecule has 0 spiro atoms. The zero-order valence-electron chi connectivity index (χ0n) is 4.52. The van der Waals surface area contributed by atoms with Crippen molar-refractivity contribution in [2.45, 2.75) is 0 Å². The van der Waals surface area contributed by atoms with Crippen LogP contribution in [0.4, 0.5) is 5.69 Å². The van der Waals surface area contributed by atoms with E-state index in [1.54, 1.807) is 0 Å². The van der Waals surface area contributed by atoms with Crippen molar-refractivity contribution in [3.8, 4) is 0 Å². The predicted molar refractivity (Wildman–Crippen MR) is 39.2 cm³/mol. The predicted octanol–water partition coefficient (Wildman–Crippen LogP) is 0.720. The average Bonchev–Trinajstić information content (AvgIpc) is 1.83. The fourth-order valence-electron chi connectivity index (χ4n) is 0.466. The molecule has 0 bridgehead atoms. The van der Waals surface area contributed by atoms with Crippen LogP contribution in [0, 0.1) is 0 Å². The van der Waals surface area contributed by atoms with Gasteiger partial charge in [0.1, 0.15) is 10.3 Å². The van der Waals surface area contributed by atoms with E-state index < -0.39 is 0 Å². The first-order valence-electron chi connectivity index (χ1n) is 2.34. The van der Waals surface area contributed by atoms with Crippen LogP contribution in [0.1, 0.15) is 0 Å². The molecule has 0 saturated heterocycles. The Morgan fingerprint density at radius 1 is 1.67 bits per heavy atom. The van der Waals surface area contributed by atoms with Crippen molar-refractivity contribution in [1.29, 1.82) is 0 Å². The van der Waals surface area contributed by atoms with Crippen molar-refractivity contribution >= 4 is 21.6 Å². The molecule has 0 atom stereocenters. The van der Waals surface area contributed by atoms with Crippen LogP contribution in [0.15, 0.2) is 21.7 Å². The van der Waals surface area contributed by atoms with Gasteiger partial charge in [0.25, 0.3) is 0 Å². The summed E-state index contributed by atoms with van der Waals surface area (Å²) in [6.45, 7) is 0. The van der Waals surface area contributed by atoms with Crippen LogP contribution in [0.25, 0.3) is 0 Å². The molecule has 4 heteroatoms. The molecule has 3 nitrogen and oxygen atoms in total. The van der Waals surface area contributed by atoms with Crippen LogP contribution in [0.5, 0.6) is 0 Å². The van der Waals surface area contributed by atoms with E-state index in [1.807, 2.05) is 0 Å². The molecule has 0 aliphatic rings. The number of nitrogens with one attached hydrogen (secondary N) is 1. The molecule has 0 saturated carbocycles. The van der Waals surface area contributed by atoms with Crippen LogP contribution >= 0.6 is 15.9 Å². The maximum atomic E-state index is 10.7. The van der Waals surface area contributed by atoms with E-state index in [0.717, 1.165) is 0 Å². The van der Waals surface area contributed by atoms with Crippen LogP contribution in [-0.4, -0.2) is 4.98 Å². The van der Waals surface area contributed by atoms with E-state index in [4.69, 9.17) is 5.73 Å². The molecule has 0 fully saturated rings. The monoisotopic (exact) mass is 188 g/mol. The number of anilines is 1. The Morgan fingerprint density at radius 2 is 2.33 bits per heavy atom. The lowest BCUT2D eigenvalue weighted by Gasteiger charge is -1.92. The third-order valence-corrected chi connectivity index (χ3v) is 1.60. The first kappa shape index (κ1) is 6.35. The number of halogens is 1. The highest BCUT2D eigenvalue weighted by Crippen LogP contribution is 2.08. The number of aromatic amines is 1. The van der Waals surface area contributed by atoms with E-state index in [0.29, 0.717) is 4.60 Å². The fraction of sp³-hybridized carbons (Fsp3) is 0. The van der Waals surface area contributed by atoms with Crippen LogP contribution in [0.2, 0.25) is 0 Å². The van der Waals surface area contributed by atoms with Gasteiger partial charge in [-0.2, -0.15) is 0 Å². The van der Waals surface area contributed by atoms with Gasteiger partial charge in [-0.25, -0.2) is 0 Å². The molecule has 1 rings (SSSR count). The van der Waals surface area contributed by atoms with Gasteiger partial charge in [-0.3, -0.25) is 4.79 Å². The zero-order chi connectivity index (χ0) is 6.85. The maximum Gasteiger partial charge on any atom is 0.205 e. The lowest BCUT2D eigenvalue weighted by Crippen LogP contribution is -2.07. The summed E-state index contributed by atoms with van der Waals surface area (Å²) in [6.07, 6.45) is 1.53. The number of pyridine rings is 1. The number of nitrogens with two attached hydrogens (primary N) is 1. The molecular weight excluding hydrogens is 184 g/mol. The van der Waals surface area contributed by atoms with E-state index in [2.05, 4.69) is 20.9 Å². The highest BCUT2D eigenvalue weighted by Gasteiger charge is 1.95. The number of H-pyrrole nitrogens is 1.